The number of thiazole rings is 1. The van der Waals surface area contributed by atoms with Crippen LogP contribution in [-0.4, -0.2) is 55.5 Å². The largest absolute Gasteiger partial charge is 0.492 e. The highest BCUT2D eigenvalue weighted by molar-refractivity contribution is 7.15. The van der Waals surface area contributed by atoms with Gasteiger partial charge in [0.2, 0.25) is 0 Å². The predicted molar refractivity (Wildman–Crippen MR) is 108 cm³/mol. The Morgan fingerprint density at radius 2 is 2.17 bits per heavy atom. The maximum atomic E-state index is 11.0. The van der Waals surface area contributed by atoms with Crippen LogP contribution >= 0.6 is 11.3 Å². The van der Waals surface area contributed by atoms with E-state index in [9.17, 15) is 4.79 Å². The third-order valence-corrected chi connectivity index (χ3v) is 6.53. The van der Waals surface area contributed by atoms with E-state index < -0.39 is 6.09 Å². The molecule has 5 rings (SSSR count). The summed E-state index contributed by atoms with van der Waals surface area (Å²) in [6.07, 6.45) is 1.51. The van der Waals surface area contributed by atoms with E-state index >= 15 is 0 Å². The molecule has 1 aromatic carbocycles. The molecule has 0 unspecified atom stereocenters. The Morgan fingerprint density at radius 1 is 1.34 bits per heavy atom. The van der Waals surface area contributed by atoms with Gasteiger partial charge in [0, 0.05) is 41.9 Å². The van der Waals surface area contributed by atoms with Crippen molar-refractivity contribution in [2.24, 2.45) is 0 Å². The Kier molecular flexibility index (Phi) is 4.27. The van der Waals surface area contributed by atoms with Crippen molar-refractivity contribution in [3.63, 3.8) is 0 Å². The number of hydrogen-bond acceptors (Lipinski definition) is 6. The quantitative estimate of drug-likeness (QED) is 0.707. The fourth-order valence-electron chi connectivity index (χ4n) is 3.82. The molecule has 0 aliphatic carbocycles. The van der Waals surface area contributed by atoms with Crippen LogP contribution in [-0.2, 0) is 6.42 Å². The van der Waals surface area contributed by atoms with E-state index in [1.165, 1.54) is 9.78 Å². The number of fused-ring (bicyclic) bond motifs is 3. The molecule has 0 atom stereocenters. The van der Waals surface area contributed by atoms with Gasteiger partial charge in [-0.3, -0.25) is 0 Å². The van der Waals surface area contributed by atoms with Crippen LogP contribution in [0.1, 0.15) is 36.2 Å². The fraction of sp³-hybridized carbons (Fsp3) is 0.400. The zero-order valence-corrected chi connectivity index (χ0v) is 17.0. The molecule has 4 heterocycles. The van der Waals surface area contributed by atoms with Gasteiger partial charge in [0.25, 0.3) is 0 Å². The minimum atomic E-state index is -0.860. The summed E-state index contributed by atoms with van der Waals surface area (Å²) in [5.74, 6) is 1.83. The number of ether oxygens (including phenoxy) is 1. The lowest BCUT2D eigenvalue weighted by Crippen LogP contribution is -2.47. The normalized spacial score (nSPS) is 16.0. The zero-order valence-electron chi connectivity index (χ0n) is 16.2. The first kappa shape index (κ1) is 18.1. The third-order valence-electron chi connectivity index (χ3n) is 5.42. The van der Waals surface area contributed by atoms with Gasteiger partial charge in [-0.15, -0.1) is 11.3 Å². The molecule has 2 aliphatic rings. The van der Waals surface area contributed by atoms with E-state index in [-0.39, 0.29) is 12.0 Å². The topological polar surface area (TPSA) is 93.4 Å². The lowest BCUT2D eigenvalue weighted by Gasteiger charge is -2.37. The summed E-state index contributed by atoms with van der Waals surface area (Å²) in [6.45, 7) is 5.81. The molecule has 1 saturated heterocycles. The van der Waals surface area contributed by atoms with E-state index in [1.807, 2.05) is 10.7 Å². The number of rotatable bonds is 3. The first-order chi connectivity index (χ1) is 14.0. The second-order valence-electron chi connectivity index (χ2n) is 7.65. The number of hydrogen-bond donors (Lipinski definition) is 1. The van der Waals surface area contributed by atoms with Gasteiger partial charge in [0.15, 0.2) is 10.8 Å². The molecule has 2 aromatic heterocycles. The number of nitrogens with zero attached hydrogens (tertiary/aromatic N) is 5. The van der Waals surface area contributed by atoms with Crippen molar-refractivity contribution in [1.82, 2.24) is 24.6 Å². The summed E-state index contributed by atoms with van der Waals surface area (Å²) >= 11 is 1.64. The van der Waals surface area contributed by atoms with E-state index in [0.717, 1.165) is 39.8 Å². The van der Waals surface area contributed by atoms with Crippen LogP contribution in [0.5, 0.6) is 5.75 Å². The van der Waals surface area contributed by atoms with Gasteiger partial charge >= 0.3 is 6.09 Å². The number of likely N-dealkylation sites (tertiary alicyclic amines) is 1. The summed E-state index contributed by atoms with van der Waals surface area (Å²) in [4.78, 5) is 23.0. The van der Waals surface area contributed by atoms with Gasteiger partial charge < -0.3 is 14.7 Å². The van der Waals surface area contributed by atoms with Gasteiger partial charge in [-0.2, -0.15) is 5.10 Å². The highest BCUT2D eigenvalue weighted by atomic mass is 32.1. The number of carbonyl (C=O) groups is 1. The number of carboxylic acid groups (broad SMARTS) is 1. The van der Waals surface area contributed by atoms with E-state index in [0.29, 0.717) is 19.7 Å². The summed E-state index contributed by atoms with van der Waals surface area (Å²) in [7, 11) is 0. The number of aromatic nitrogens is 4. The predicted octanol–water partition coefficient (Wildman–Crippen LogP) is 3.66. The minimum absolute atomic E-state index is 0.210. The summed E-state index contributed by atoms with van der Waals surface area (Å²) in [5, 5.41) is 14.3. The van der Waals surface area contributed by atoms with Crippen LogP contribution in [0.3, 0.4) is 0 Å². The summed E-state index contributed by atoms with van der Waals surface area (Å²) in [6, 6.07) is 6.37. The third kappa shape index (κ3) is 3.05. The zero-order chi connectivity index (χ0) is 20.1. The van der Waals surface area contributed by atoms with Crippen molar-refractivity contribution in [3.8, 4) is 27.8 Å². The maximum Gasteiger partial charge on any atom is 0.407 e. The van der Waals surface area contributed by atoms with Crippen LogP contribution < -0.4 is 4.74 Å². The average Bonchev–Trinajstić information content (AvgIpc) is 3.24. The molecule has 2 aliphatic heterocycles. The lowest BCUT2D eigenvalue weighted by atomic mass is 9.90. The lowest BCUT2D eigenvalue weighted by molar-refractivity contribution is 0.105. The first-order valence-electron chi connectivity index (χ1n) is 9.66. The van der Waals surface area contributed by atoms with Crippen LogP contribution in [0.25, 0.3) is 22.1 Å². The summed E-state index contributed by atoms with van der Waals surface area (Å²) in [5.41, 5.74) is 3.04. The molecule has 150 valence electrons. The molecule has 0 radical (unpaired) electrons. The molecule has 0 saturated carbocycles. The van der Waals surface area contributed by atoms with Crippen LogP contribution in [0.4, 0.5) is 4.79 Å². The smallest absolute Gasteiger partial charge is 0.407 e. The van der Waals surface area contributed by atoms with Crippen LogP contribution in [0.15, 0.2) is 24.5 Å². The fourth-order valence-corrected chi connectivity index (χ4v) is 4.86. The Bertz CT molecular complexity index is 1080. The first-order valence-corrected chi connectivity index (χ1v) is 10.5. The molecule has 29 heavy (non-hydrogen) atoms. The highest BCUT2D eigenvalue weighted by Gasteiger charge is 2.32. The Hall–Kier alpha value is -2.94. The molecule has 1 N–H and O–H groups in total. The minimum Gasteiger partial charge on any atom is -0.492 e. The maximum absolute atomic E-state index is 11.0. The molecule has 8 nitrogen and oxygen atoms in total. The molecule has 0 bridgehead atoms. The Morgan fingerprint density at radius 3 is 2.93 bits per heavy atom. The molecule has 9 heteroatoms. The van der Waals surface area contributed by atoms with Crippen molar-refractivity contribution in [2.75, 3.05) is 19.7 Å². The number of amides is 1. The molecule has 1 fully saturated rings. The molecule has 0 spiro atoms. The Labute approximate surface area is 171 Å². The van der Waals surface area contributed by atoms with E-state index in [2.05, 4.69) is 36.1 Å². The van der Waals surface area contributed by atoms with Crippen LogP contribution in [0.2, 0.25) is 0 Å². The van der Waals surface area contributed by atoms with Crippen molar-refractivity contribution >= 4 is 17.4 Å². The average molecular weight is 411 g/mol. The highest BCUT2D eigenvalue weighted by Crippen LogP contribution is 2.42. The van der Waals surface area contributed by atoms with Crippen molar-refractivity contribution < 1.29 is 14.6 Å². The SMILES string of the molecule is CC(C)n1ncnc1-c1nc2c(s1)CCOc1cc(C3CN(C(=O)O)C3)ccc1-2. The van der Waals surface area contributed by atoms with E-state index in [1.54, 1.807) is 17.7 Å². The summed E-state index contributed by atoms with van der Waals surface area (Å²) < 4.78 is 7.91. The van der Waals surface area contributed by atoms with Gasteiger partial charge in [0.05, 0.1) is 12.3 Å². The van der Waals surface area contributed by atoms with Gasteiger partial charge in [0.1, 0.15) is 12.1 Å². The molecular weight excluding hydrogens is 390 g/mol. The van der Waals surface area contributed by atoms with Gasteiger partial charge in [-0.25, -0.2) is 19.4 Å². The van der Waals surface area contributed by atoms with Gasteiger partial charge in [-0.1, -0.05) is 6.07 Å². The molecular formula is C20H21N5O3S. The second kappa shape index (κ2) is 6.84. The molecule has 1 amide bonds. The monoisotopic (exact) mass is 411 g/mol. The van der Waals surface area contributed by atoms with Crippen LogP contribution in [0, 0.1) is 0 Å². The van der Waals surface area contributed by atoms with Crippen molar-refractivity contribution in [2.45, 2.75) is 32.2 Å². The second-order valence-corrected chi connectivity index (χ2v) is 8.73. The van der Waals surface area contributed by atoms with Gasteiger partial charge in [-0.05, 0) is 31.5 Å². The standard InChI is InChI=1S/C20H21N5O3S/c1-11(2)25-18(21-10-22-25)19-23-17-14-4-3-12(13-8-24(9-13)20(26)27)7-15(14)28-6-5-16(17)29-19/h3-4,7,10-11,13H,5-6,8-9H2,1-2H3,(H,26,27). The number of benzene rings is 1. The van der Waals surface area contributed by atoms with Crippen molar-refractivity contribution in [3.05, 3.63) is 35.0 Å². The van der Waals surface area contributed by atoms with E-state index in [4.69, 9.17) is 14.8 Å². The van der Waals surface area contributed by atoms with Crippen molar-refractivity contribution in [1.29, 1.82) is 0 Å². The molecule has 3 aromatic rings. The Balaban J connectivity index is 1.49.